The summed E-state index contributed by atoms with van der Waals surface area (Å²) in [5.74, 6) is 0. The Morgan fingerprint density at radius 2 is 1.88 bits per heavy atom. The molecule has 0 aliphatic rings. The molecule has 1 N–H and O–H groups in total. The maximum atomic E-state index is 4.51. The highest BCUT2D eigenvalue weighted by Gasteiger charge is 2.10. The fourth-order valence-corrected chi connectivity index (χ4v) is 2.84. The zero-order valence-electron chi connectivity index (χ0n) is 14.1. The molecule has 0 spiro atoms. The number of nitrogens with one attached hydrogen (secondary N) is 1. The van der Waals surface area contributed by atoms with Crippen LogP contribution in [0.1, 0.15) is 16.8 Å². The van der Waals surface area contributed by atoms with E-state index in [2.05, 4.69) is 61.1 Å². The molecular formula is C19H18N6. The van der Waals surface area contributed by atoms with Gasteiger partial charge in [0.05, 0.1) is 17.7 Å². The third-order valence-corrected chi connectivity index (χ3v) is 4.27. The summed E-state index contributed by atoms with van der Waals surface area (Å²) in [6.45, 7) is 4.84. The van der Waals surface area contributed by atoms with Crippen LogP contribution in [0.25, 0.3) is 22.6 Å². The molecular weight excluding hydrogens is 312 g/mol. The van der Waals surface area contributed by atoms with Gasteiger partial charge in [0, 0.05) is 24.5 Å². The van der Waals surface area contributed by atoms with Crippen molar-refractivity contribution in [3.8, 4) is 22.6 Å². The summed E-state index contributed by atoms with van der Waals surface area (Å²) < 4.78 is 2.08. The highest BCUT2D eigenvalue weighted by Crippen LogP contribution is 2.23. The molecule has 4 rings (SSSR count). The van der Waals surface area contributed by atoms with E-state index in [0.29, 0.717) is 0 Å². The SMILES string of the molecule is Cc1ccccc1Cn1cnc(-c2cc(-c3n[nH]nc3C)ccn2)c1. The number of aromatic nitrogens is 6. The van der Waals surface area contributed by atoms with Crippen molar-refractivity contribution in [3.63, 3.8) is 0 Å². The summed E-state index contributed by atoms with van der Waals surface area (Å²) in [4.78, 5) is 8.97. The van der Waals surface area contributed by atoms with E-state index in [0.717, 1.165) is 34.9 Å². The first kappa shape index (κ1) is 15.3. The number of pyridine rings is 1. The van der Waals surface area contributed by atoms with E-state index in [-0.39, 0.29) is 0 Å². The number of benzene rings is 1. The largest absolute Gasteiger partial charge is 0.332 e. The van der Waals surface area contributed by atoms with Crippen molar-refractivity contribution in [2.75, 3.05) is 0 Å². The smallest absolute Gasteiger partial charge is 0.115 e. The molecule has 3 aromatic heterocycles. The first-order chi connectivity index (χ1) is 12.2. The number of imidazole rings is 1. The van der Waals surface area contributed by atoms with E-state index in [1.807, 2.05) is 31.6 Å². The van der Waals surface area contributed by atoms with Crippen molar-refractivity contribution in [3.05, 3.63) is 71.9 Å². The van der Waals surface area contributed by atoms with Crippen molar-refractivity contribution in [2.24, 2.45) is 0 Å². The van der Waals surface area contributed by atoms with Crippen LogP contribution in [0.2, 0.25) is 0 Å². The van der Waals surface area contributed by atoms with Crippen LogP contribution in [-0.2, 0) is 6.54 Å². The molecule has 6 heteroatoms. The second-order valence-corrected chi connectivity index (χ2v) is 6.05. The van der Waals surface area contributed by atoms with Crippen molar-refractivity contribution < 1.29 is 0 Å². The number of hydrogen-bond acceptors (Lipinski definition) is 4. The van der Waals surface area contributed by atoms with Crippen LogP contribution in [0, 0.1) is 13.8 Å². The van der Waals surface area contributed by atoms with Crippen LogP contribution < -0.4 is 0 Å². The lowest BCUT2D eigenvalue weighted by Crippen LogP contribution is -1.98. The van der Waals surface area contributed by atoms with Gasteiger partial charge in [-0.15, -0.1) is 0 Å². The maximum Gasteiger partial charge on any atom is 0.115 e. The second-order valence-electron chi connectivity index (χ2n) is 6.05. The molecule has 3 heterocycles. The van der Waals surface area contributed by atoms with Gasteiger partial charge in [-0.25, -0.2) is 4.98 Å². The highest BCUT2D eigenvalue weighted by atomic mass is 15.3. The molecule has 0 atom stereocenters. The van der Waals surface area contributed by atoms with Gasteiger partial charge >= 0.3 is 0 Å². The number of rotatable bonds is 4. The number of nitrogens with zero attached hydrogens (tertiary/aromatic N) is 5. The minimum absolute atomic E-state index is 0.793. The van der Waals surface area contributed by atoms with E-state index in [4.69, 9.17) is 0 Å². The van der Waals surface area contributed by atoms with E-state index >= 15 is 0 Å². The van der Waals surface area contributed by atoms with E-state index < -0.39 is 0 Å². The van der Waals surface area contributed by atoms with E-state index in [1.165, 1.54) is 11.1 Å². The summed E-state index contributed by atoms with van der Waals surface area (Å²) in [5.41, 5.74) is 6.90. The summed E-state index contributed by atoms with van der Waals surface area (Å²) in [6, 6.07) is 12.3. The molecule has 0 bridgehead atoms. The lowest BCUT2D eigenvalue weighted by Gasteiger charge is -2.05. The van der Waals surface area contributed by atoms with Gasteiger partial charge in [-0.1, -0.05) is 24.3 Å². The fraction of sp³-hybridized carbons (Fsp3) is 0.158. The molecule has 0 aliphatic carbocycles. The molecule has 0 radical (unpaired) electrons. The number of aromatic amines is 1. The van der Waals surface area contributed by atoms with Crippen LogP contribution in [0.3, 0.4) is 0 Å². The molecule has 4 aromatic rings. The van der Waals surface area contributed by atoms with Crippen molar-refractivity contribution in [2.45, 2.75) is 20.4 Å². The van der Waals surface area contributed by atoms with Gasteiger partial charge in [0.1, 0.15) is 11.4 Å². The number of H-pyrrole nitrogens is 1. The van der Waals surface area contributed by atoms with Crippen LogP contribution >= 0.6 is 0 Å². The minimum atomic E-state index is 0.793. The Balaban J connectivity index is 1.62. The Bertz CT molecular complexity index is 1010. The average molecular weight is 330 g/mol. The molecule has 25 heavy (non-hydrogen) atoms. The van der Waals surface area contributed by atoms with Gasteiger partial charge in [-0.2, -0.15) is 15.4 Å². The molecule has 0 unspecified atom stereocenters. The average Bonchev–Trinajstić information content (AvgIpc) is 3.26. The summed E-state index contributed by atoms with van der Waals surface area (Å²) in [7, 11) is 0. The standard InChI is InChI=1S/C19H18N6/c1-13-5-3-4-6-16(13)10-25-11-18(21-12-25)17-9-15(7-8-20-17)19-14(2)22-24-23-19/h3-9,11-12H,10H2,1-2H3,(H,22,23,24). The number of hydrogen-bond donors (Lipinski definition) is 1. The Morgan fingerprint density at radius 1 is 1.00 bits per heavy atom. The topological polar surface area (TPSA) is 72.3 Å². The van der Waals surface area contributed by atoms with E-state index in [1.54, 1.807) is 6.20 Å². The summed E-state index contributed by atoms with van der Waals surface area (Å²) in [6.07, 6.45) is 5.64. The number of aryl methyl sites for hydroxylation is 2. The maximum absolute atomic E-state index is 4.51. The third kappa shape index (κ3) is 3.06. The predicted octanol–water partition coefficient (Wildman–Crippen LogP) is 3.40. The monoisotopic (exact) mass is 330 g/mol. The van der Waals surface area contributed by atoms with Gasteiger partial charge in [0.25, 0.3) is 0 Å². The lowest BCUT2D eigenvalue weighted by atomic mass is 10.1. The first-order valence-corrected chi connectivity index (χ1v) is 8.11. The fourth-order valence-electron chi connectivity index (χ4n) is 2.84. The van der Waals surface area contributed by atoms with Crippen molar-refractivity contribution >= 4 is 0 Å². The molecule has 124 valence electrons. The third-order valence-electron chi connectivity index (χ3n) is 4.27. The zero-order valence-corrected chi connectivity index (χ0v) is 14.1. The normalized spacial score (nSPS) is 11.0. The summed E-state index contributed by atoms with van der Waals surface area (Å²) >= 11 is 0. The molecule has 0 fully saturated rings. The van der Waals surface area contributed by atoms with Gasteiger partial charge < -0.3 is 4.57 Å². The molecule has 0 saturated carbocycles. The van der Waals surface area contributed by atoms with Crippen LogP contribution in [-0.4, -0.2) is 29.9 Å². The first-order valence-electron chi connectivity index (χ1n) is 8.11. The summed E-state index contributed by atoms with van der Waals surface area (Å²) in [5, 5.41) is 10.9. The molecule has 6 nitrogen and oxygen atoms in total. The van der Waals surface area contributed by atoms with Gasteiger partial charge in [-0.05, 0) is 37.1 Å². The van der Waals surface area contributed by atoms with Crippen LogP contribution in [0.4, 0.5) is 0 Å². The van der Waals surface area contributed by atoms with Gasteiger partial charge in [0.15, 0.2) is 0 Å². The Kier molecular flexibility index (Phi) is 3.85. The van der Waals surface area contributed by atoms with Crippen LogP contribution in [0.15, 0.2) is 55.1 Å². The molecule has 0 aliphatic heterocycles. The molecule has 0 amide bonds. The highest BCUT2D eigenvalue weighted by molar-refractivity contribution is 5.67. The van der Waals surface area contributed by atoms with Gasteiger partial charge in [-0.3, -0.25) is 4.98 Å². The van der Waals surface area contributed by atoms with Crippen molar-refractivity contribution in [1.29, 1.82) is 0 Å². The molecule has 1 aromatic carbocycles. The van der Waals surface area contributed by atoms with Gasteiger partial charge in [0.2, 0.25) is 0 Å². The minimum Gasteiger partial charge on any atom is -0.332 e. The Hall–Kier alpha value is -3.28. The molecule has 0 saturated heterocycles. The second kappa shape index (κ2) is 6.32. The van der Waals surface area contributed by atoms with E-state index in [9.17, 15) is 0 Å². The quantitative estimate of drug-likeness (QED) is 0.622. The lowest BCUT2D eigenvalue weighted by molar-refractivity contribution is 0.792. The Labute approximate surface area is 145 Å². The Morgan fingerprint density at radius 3 is 2.68 bits per heavy atom. The van der Waals surface area contributed by atoms with Crippen molar-refractivity contribution in [1.82, 2.24) is 29.9 Å². The zero-order chi connectivity index (χ0) is 17.2. The van der Waals surface area contributed by atoms with Crippen LogP contribution in [0.5, 0.6) is 0 Å². The predicted molar refractivity (Wildman–Crippen MR) is 95.9 cm³/mol.